The van der Waals surface area contributed by atoms with Crippen LogP contribution in [0.1, 0.15) is 0 Å². The van der Waals surface area contributed by atoms with Crippen LogP contribution in [0.25, 0.3) is 21.8 Å². The Kier molecular flexibility index (Phi) is 3.05. The first-order valence-corrected chi connectivity index (χ1v) is 6.79. The standard InChI is InChI=1S/C16H18N4O/c1-18(2)11-5-7-13-14-8-6-12(19(3)4)10-16(14)20(21)17-15(13)9-11/h5-10H,1-4H3. The molecule has 0 spiro atoms. The minimum Gasteiger partial charge on any atom is -0.594 e. The Bertz CT molecular complexity index is 827. The third-order valence-corrected chi connectivity index (χ3v) is 3.69. The molecule has 21 heavy (non-hydrogen) atoms. The first kappa shape index (κ1) is 13.4. The Morgan fingerprint density at radius 3 is 2.05 bits per heavy atom. The maximum Gasteiger partial charge on any atom is 0.254 e. The van der Waals surface area contributed by atoms with Crippen LogP contribution in [0.5, 0.6) is 0 Å². The van der Waals surface area contributed by atoms with Crippen molar-refractivity contribution in [3.63, 3.8) is 0 Å². The number of hydrogen-bond donors (Lipinski definition) is 0. The minimum atomic E-state index is 0.589. The molecule has 3 rings (SSSR count). The Morgan fingerprint density at radius 1 is 0.857 bits per heavy atom. The lowest BCUT2D eigenvalue weighted by molar-refractivity contribution is -0.639. The van der Waals surface area contributed by atoms with E-state index in [0.717, 1.165) is 22.1 Å². The zero-order valence-electron chi connectivity index (χ0n) is 12.7. The van der Waals surface area contributed by atoms with E-state index in [2.05, 4.69) is 5.10 Å². The van der Waals surface area contributed by atoms with E-state index in [9.17, 15) is 5.21 Å². The first-order chi connectivity index (χ1) is 9.97. The lowest BCUT2D eigenvalue weighted by Crippen LogP contribution is -2.32. The second-order valence-corrected chi connectivity index (χ2v) is 5.56. The molecule has 5 heteroatoms. The van der Waals surface area contributed by atoms with E-state index in [-0.39, 0.29) is 0 Å². The molecule has 0 N–H and O–H groups in total. The average Bonchev–Trinajstić information content (AvgIpc) is 2.46. The summed E-state index contributed by atoms with van der Waals surface area (Å²) in [6.45, 7) is 0. The highest BCUT2D eigenvalue weighted by molar-refractivity contribution is 6.04. The van der Waals surface area contributed by atoms with E-state index >= 15 is 0 Å². The molecule has 2 aromatic carbocycles. The summed E-state index contributed by atoms with van der Waals surface area (Å²) in [7, 11) is 7.84. The smallest absolute Gasteiger partial charge is 0.254 e. The van der Waals surface area contributed by atoms with Crippen molar-refractivity contribution in [2.45, 2.75) is 0 Å². The van der Waals surface area contributed by atoms with Gasteiger partial charge >= 0.3 is 0 Å². The number of aromatic nitrogens is 2. The summed E-state index contributed by atoms with van der Waals surface area (Å²) in [6, 6.07) is 11.9. The maximum atomic E-state index is 12.2. The summed E-state index contributed by atoms with van der Waals surface area (Å²) in [4.78, 5) is 4.68. The van der Waals surface area contributed by atoms with Crippen LogP contribution in [0.3, 0.4) is 0 Å². The van der Waals surface area contributed by atoms with Gasteiger partial charge in [0.25, 0.3) is 5.52 Å². The summed E-state index contributed by atoms with van der Waals surface area (Å²) in [5.41, 5.74) is 3.31. The molecule has 0 unspecified atom stereocenters. The summed E-state index contributed by atoms with van der Waals surface area (Å²) in [5, 5.41) is 18.3. The third-order valence-electron chi connectivity index (χ3n) is 3.69. The van der Waals surface area contributed by atoms with Gasteiger partial charge in [0.05, 0.1) is 5.39 Å². The molecule has 3 aromatic rings. The van der Waals surface area contributed by atoms with Crippen molar-refractivity contribution in [1.82, 2.24) is 5.10 Å². The van der Waals surface area contributed by atoms with Crippen molar-refractivity contribution in [1.29, 1.82) is 0 Å². The molecule has 0 atom stereocenters. The second kappa shape index (κ2) is 4.77. The van der Waals surface area contributed by atoms with Crippen LogP contribution in [-0.2, 0) is 0 Å². The lowest BCUT2D eigenvalue weighted by atomic mass is 10.1. The molecule has 0 aliphatic carbocycles. The quantitative estimate of drug-likeness (QED) is 0.410. The van der Waals surface area contributed by atoms with Gasteiger partial charge in [-0.05, 0) is 35.2 Å². The zero-order valence-corrected chi connectivity index (χ0v) is 12.7. The fourth-order valence-electron chi connectivity index (χ4n) is 2.44. The molecule has 108 valence electrons. The van der Waals surface area contributed by atoms with Crippen LogP contribution in [-0.4, -0.2) is 33.3 Å². The van der Waals surface area contributed by atoms with Gasteiger partial charge in [0.1, 0.15) is 5.52 Å². The van der Waals surface area contributed by atoms with Gasteiger partial charge in [0.15, 0.2) is 0 Å². The summed E-state index contributed by atoms with van der Waals surface area (Å²) in [6.07, 6.45) is 0. The lowest BCUT2D eigenvalue weighted by Gasteiger charge is -2.14. The van der Waals surface area contributed by atoms with Crippen molar-refractivity contribution in [3.8, 4) is 0 Å². The van der Waals surface area contributed by atoms with Crippen molar-refractivity contribution in [3.05, 3.63) is 41.6 Å². The maximum absolute atomic E-state index is 12.2. The molecule has 0 radical (unpaired) electrons. The number of nitrogens with zero attached hydrogens (tertiary/aromatic N) is 4. The number of hydrogen-bond acceptors (Lipinski definition) is 4. The molecule has 0 bridgehead atoms. The number of rotatable bonds is 2. The van der Waals surface area contributed by atoms with Crippen LogP contribution >= 0.6 is 0 Å². The van der Waals surface area contributed by atoms with Gasteiger partial charge in [-0.3, -0.25) is 0 Å². The van der Waals surface area contributed by atoms with E-state index in [0.29, 0.717) is 15.9 Å². The van der Waals surface area contributed by atoms with Gasteiger partial charge in [-0.2, -0.15) is 0 Å². The van der Waals surface area contributed by atoms with Crippen LogP contribution in [0.4, 0.5) is 11.4 Å². The number of benzene rings is 2. The summed E-state index contributed by atoms with van der Waals surface area (Å²) < 4.78 is 0. The SMILES string of the molecule is CN(C)c1ccc2c(c1)n[n+]([O-])c1cc(N(C)C)ccc21. The normalized spacial score (nSPS) is 11.0. The highest BCUT2D eigenvalue weighted by atomic mass is 16.5. The Morgan fingerprint density at radius 2 is 1.43 bits per heavy atom. The van der Waals surface area contributed by atoms with Crippen LogP contribution in [0.15, 0.2) is 36.4 Å². The van der Waals surface area contributed by atoms with Crippen LogP contribution in [0, 0.1) is 5.21 Å². The van der Waals surface area contributed by atoms with Gasteiger partial charge in [0.2, 0.25) is 0 Å². The van der Waals surface area contributed by atoms with Gasteiger partial charge in [-0.25, -0.2) is 0 Å². The fourth-order valence-corrected chi connectivity index (χ4v) is 2.44. The summed E-state index contributed by atoms with van der Waals surface area (Å²) in [5.74, 6) is 0. The molecular formula is C16H18N4O. The largest absolute Gasteiger partial charge is 0.594 e. The zero-order chi connectivity index (χ0) is 15.1. The van der Waals surface area contributed by atoms with Crippen molar-refractivity contribution in [2.75, 3.05) is 38.0 Å². The second-order valence-electron chi connectivity index (χ2n) is 5.56. The molecule has 0 amide bonds. The highest BCUT2D eigenvalue weighted by Gasteiger charge is 2.13. The third kappa shape index (κ3) is 2.20. The fraction of sp³-hybridized carbons (Fsp3) is 0.250. The monoisotopic (exact) mass is 282 g/mol. The van der Waals surface area contributed by atoms with Crippen LogP contribution < -0.4 is 14.6 Å². The first-order valence-electron chi connectivity index (χ1n) is 6.79. The molecule has 1 heterocycles. The number of fused-ring (bicyclic) bond motifs is 3. The van der Waals surface area contributed by atoms with Crippen molar-refractivity contribution in [2.24, 2.45) is 0 Å². The molecule has 1 aromatic heterocycles. The predicted molar refractivity (Wildman–Crippen MR) is 86.9 cm³/mol. The van der Waals surface area contributed by atoms with Gasteiger partial charge < -0.3 is 15.0 Å². The van der Waals surface area contributed by atoms with E-state index in [1.54, 1.807) is 0 Å². The van der Waals surface area contributed by atoms with E-state index in [4.69, 9.17) is 0 Å². The highest BCUT2D eigenvalue weighted by Crippen LogP contribution is 2.27. The van der Waals surface area contributed by atoms with Gasteiger partial charge in [0, 0.05) is 56.1 Å². The van der Waals surface area contributed by atoms with Crippen molar-refractivity contribution >= 4 is 33.2 Å². The Labute approximate surface area is 123 Å². The molecule has 0 aliphatic heterocycles. The Balaban J connectivity index is 2.33. The van der Waals surface area contributed by atoms with Crippen LogP contribution in [0.2, 0.25) is 0 Å². The Hall–Kier alpha value is -2.56. The summed E-state index contributed by atoms with van der Waals surface area (Å²) >= 11 is 0. The van der Waals surface area contributed by atoms with Gasteiger partial charge in [-0.15, -0.1) is 0 Å². The number of anilines is 2. The molecule has 0 saturated carbocycles. The van der Waals surface area contributed by atoms with E-state index in [1.165, 1.54) is 0 Å². The topological polar surface area (TPSA) is 46.3 Å². The van der Waals surface area contributed by atoms with Gasteiger partial charge in [-0.1, -0.05) is 0 Å². The minimum absolute atomic E-state index is 0.589. The van der Waals surface area contributed by atoms with E-state index < -0.39 is 0 Å². The molecule has 0 saturated heterocycles. The van der Waals surface area contributed by atoms with Crippen molar-refractivity contribution < 1.29 is 4.85 Å². The molecule has 0 aliphatic rings. The average molecular weight is 282 g/mol. The molecule has 0 fully saturated rings. The predicted octanol–water partition coefficient (Wildman–Crippen LogP) is 2.15. The van der Waals surface area contributed by atoms with E-state index in [1.807, 2.05) is 74.4 Å². The molecule has 5 nitrogen and oxygen atoms in total. The molecular weight excluding hydrogens is 264 g/mol.